The van der Waals surface area contributed by atoms with Gasteiger partial charge in [0.2, 0.25) is 0 Å². The highest BCUT2D eigenvalue weighted by Crippen LogP contribution is 2.40. The number of ether oxygens (including phenoxy) is 1. The van der Waals surface area contributed by atoms with E-state index in [-0.39, 0.29) is 29.5 Å². The molecule has 4 aromatic rings. The summed E-state index contributed by atoms with van der Waals surface area (Å²) in [4.78, 5) is 47.4. The molecule has 1 aliphatic carbocycles. The van der Waals surface area contributed by atoms with E-state index in [1.807, 2.05) is 12.1 Å². The van der Waals surface area contributed by atoms with Crippen LogP contribution in [0.1, 0.15) is 41.2 Å². The Morgan fingerprint density at radius 1 is 1.08 bits per heavy atom. The van der Waals surface area contributed by atoms with Crippen LogP contribution in [0.15, 0.2) is 60.4 Å². The summed E-state index contributed by atoms with van der Waals surface area (Å²) < 4.78 is 9.04. The predicted octanol–water partition coefficient (Wildman–Crippen LogP) is 3.14. The normalized spacial score (nSPS) is 20.4. The average molecular weight is 678 g/mol. The Bertz CT molecular complexity index is 2030. The van der Waals surface area contributed by atoms with Gasteiger partial charge in [0.05, 0.1) is 44.3 Å². The third-order valence-electron chi connectivity index (χ3n) is 10.6. The van der Waals surface area contributed by atoms with Gasteiger partial charge in [-0.05, 0) is 47.6 Å². The maximum Gasteiger partial charge on any atom is 0.276 e. The molecule has 13 heteroatoms. The largest absolute Gasteiger partial charge is 0.392 e. The minimum Gasteiger partial charge on any atom is -0.392 e. The molecule has 8 rings (SSSR count). The number of aromatic nitrogens is 5. The summed E-state index contributed by atoms with van der Waals surface area (Å²) in [7, 11) is 1.68. The van der Waals surface area contributed by atoms with Gasteiger partial charge >= 0.3 is 0 Å². The molecule has 0 unspecified atom stereocenters. The van der Waals surface area contributed by atoms with Gasteiger partial charge < -0.3 is 29.2 Å². The van der Waals surface area contributed by atoms with Gasteiger partial charge in [0.15, 0.2) is 0 Å². The summed E-state index contributed by atoms with van der Waals surface area (Å²) in [5.41, 5.74) is 5.30. The molecule has 4 aromatic heterocycles. The summed E-state index contributed by atoms with van der Waals surface area (Å²) in [6, 6.07) is 6.14. The Morgan fingerprint density at radius 2 is 1.92 bits per heavy atom. The van der Waals surface area contributed by atoms with Crippen LogP contribution in [0.3, 0.4) is 0 Å². The fourth-order valence-electron chi connectivity index (χ4n) is 7.96. The molecule has 3 aliphatic heterocycles. The van der Waals surface area contributed by atoms with Gasteiger partial charge in [0.25, 0.3) is 11.5 Å². The Kier molecular flexibility index (Phi) is 8.08. The van der Waals surface area contributed by atoms with Crippen molar-refractivity contribution < 1.29 is 14.6 Å². The number of nitrogens with one attached hydrogen (secondary N) is 1. The second-order valence-electron chi connectivity index (χ2n) is 14.6. The van der Waals surface area contributed by atoms with Crippen molar-refractivity contribution in [1.82, 2.24) is 29.0 Å². The van der Waals surface area contributed by atoms with Gasteiger partial charge in [-0.1, -0.05) is 19.9 Å². The van der Waals surface area contributed by atoms with Crippen LogP contribution in [0.4, 0.5) is 23.1 Å². The number of nitrogens with zero attached hydrogens (tertiary/aromatic N) is 8. The summed E-state index contributed by atoms with van der Waals surface area (Å²) in [5.74, 6) is 1.48. The van der Waals surface area contributed by atoms with Gasteiger partial charge in [-0.25, -0.2) is 15.0 Å². The van der Waals surface area contributed by atoms with E-state index >= 15 is 0 Å². The zero-order chi connectivity index (χ0) is 34.7. The summed E-state index contributed by atoms with van der Waals surface area (Å²) in [6.07, 6.45) is 10.6. The molecular formula is C37H43N9O4. The molecular weight excluding hydrogens is 634 g/mol. The summed E-state index contributed by atoms with van der Waals surface area (Å²) >= 11 is 0. The van der Waals surface area contributed by atoms with Gasteiger partial charge in [0.1, 0.15) is 28.8 Å². The zero-order valence-electron chi connectivity index (χ0n) is 28.8. The Morgan fingerprint density at radius 3 is 2.64 bits per heavy atom. The molecule has 0 saturated carbocycles. The highest BCUT2D eigenvalue weighted by Gasteiger charge is 2.38. The van der Waals surface area contributed by atoms with Crippen LogP contribution in [0, 0.1) is 5.41 Å². The number of amides is 1. The third kappa shape index (κ3) is 5.59. The van der Waals surface area contributed by atoms with Crippen molar-refractivity contribution in [3.05, 3.63) is 88.5 Å². The van der Waals surface area contributed by atoms with E-state index in [0.717, 1.165) is 51.5 Å². The lowest BCUT2D eigenvalue weighted by Gasteiger charge is -2.46. The molecule has 2 saturated heterocycles. The number of aliphatic hydroxyl groups is 1. The first-order valence-electron chi connectivity index (χ1n) is 17.3. The van der Waals surface area contributed by atoms with Crippen molar-refractivity contribution in [3.63, 3.8) is 0 Å². The number of anilines is 4. The van der Waals surface area contributed by atoms with E-state index in [0.29, 0.717) is 58.8 Å². The lowest BCUT2D eigenvalue weighted by Crippen LogP contribution is -2.60. The predicted molar refractivity (Wildman–Crippen MR) is 191 cm³/mol. The van der Waals surface area contributed by atoms with Crippen molar-refractivity contribution >= 4 is 29.0 Å². The number of carbonyl (C=O) groups excluding carboxylic acids is 1. The number of fused-ring (bicyclic) bond motifs is 3. The van der Waals surface area contributed by atoms with E-state index < -0.39 is 0 Å². The molecule has 4 aliphatic rings. The molecule has 2 fully saturated rings. The lowest BCUT2D eigenvalue weighted by atomic mass is 9.90. The molecule has 0 bridgehead atoms. The number of rotatable bonds is 8. The summed E-state index contributed by atoms with van der Waals surface area (Å²) in [5, 5.41) is 13.8. The summed E-state index contributed by atoms with van der Waals surface area (Å²) in [6.45, 7) is 13.5. The number of piperazine rings is 1. The highest BCUT2D eigenvalue weighted by atomic mass is 16.5. The first-order chi connectivity index (χ1) is 24.1. The van der Waals surface area contributed by atoms with Gasteiger partial charge in [-0.15, -0.1) is 6.58 Å². The molecule has 0 radical (unpaired) electrons. The molecule has 50 heavy (non-hydrogen) atoms. The molecule has 13 nitrogen and oxygen atoms in total. The zero-order valence-corrected chi connectivity index (χ0v) is 28.8. The smallest absolute Gasteiger partial charge is 0.276 e. The SMILES string of the molecule is C=C[C@H]1CN(C2COC2)CCN1c1cnc(Nc2cc(-c3ccnc(N4CCn5c(cc6c5CC(C)(C)C6)C4=O)c3CO)cn(C)c2=O)cn1. The van der Waals surface area contributed by atoms with E-state index in [1.165, 1.54) is 15.8 Å². The van der Waals surface area contributed by atoms with Crippen LogP contribution >= 0.6 is 0 Å². The number of aliphatic hydroxyl groups excluding tert-OH is 1. The molecule has 1 atom stereocenters. The fraction of sp³-hybridized carbons (Fsp3) is 0.432. The number of hydrogen-bond donors (Lipinski definition) is 2. The average Bonchev–Trinajstić information content (AvgIpc) is 3.58. The van der Waals surface area contributed by atoms with E-state index in [1.54, 1.807) is 48.9 Å². The van der Waals surface area contributed by atoms with Gasteiger partial charge in [-0.2, -0.15) is 0 Å². The Balaban J connectivity index is 1.04. The van der Waals surface area contributed by atoms with Crippen LogP contribution < -0.4 is 20.7 Å². The van der Waals surface area contributed by atoms with Crippen molar-refractivity contribution in [1.29, 1.82) is 0 Å². The van der Waals surface area contributed by atoms with Crippen molar-refractivity contribution in [3.8, 4) is 11.1 Å². The van der Waals surface area contributed by atoms with Crippen LogP contribution in [0.25, 0.3) is 11.1 Å². The number of pyridine rings is 2. The van der Waals surface area contributed by atoms with Crippen molar-refractivity contribution in [2.75, 3.05) is 54.5 Å². The monoisotopic (exact) mass is 677 g/mol. The van der Waals surface area contributed by atoms with Crippen molar-refractivity contribution in [2.45, 2.75) is 51.9 Å². The molecule has 7 heterocycles. The molecule has 2 N–H and O–H groups in total. The minimum atomic E-state index is -0.332. The Labute approximate surface area is 290 Å². The van der Waals surface area contributed by atoms with Crippen LogP contribution in [0.5, 0.6) is 0 Å². The van der Waals surface area contributed by atoms with Gasteiger partial charge in [-0.3, -0.25) is 19.4 Å². The molecule has 260 valence electrons. The lowest BCUT2D eigenvalue weighted by molar-refractivity contribution is -0.0683. The van der Waals surface area contributed by atoms with E-state index in [4.69, 9.17) is 9.72 Å². The fourth-order valence-corrected chi connectivity index (χ4v) is 7.96. The maximum atomic E-state index is 13.9. The van der Waals surface area contributed by atoms with Crippen molar-refractivity contribution in [2.24, 2.45) is 12.5 Å². The molecule has 0 aromatic carbocycles. The van der Waals surface area contributed by atoms with Crippen LogP contribution in [0.2, 0.25) is 0 Å². The van der Waals surface area contributed by atoms with Crippen LogP contribution in [-0.2, 0) is 37.8 Å². The second kappa shape index (κ2) is 12.5. The maximum absolute atomic E-state index is 13.9. The molecule has 0 spiro atoms. The third-order valence-corrected chi connectivity index (χ3v) is 10.6. The number of hydrogen-bond acceptors (Lipinski definition) is 10. The minimum absolute atomic E-state index is 0.103. The van der Waals surface area contributed by atoms with Gasteiger partial charge in [0, 0.05) is 69.0 Å². The second-order valence-corrected chi connectivity index (χ2v) is 14.6. The highest BCUT2D eigenvalue weighted by molar-refractivity contribution is 6.06. The standard InChI is InChI=1S/C37H43N9O4/c1-5-25-19-43(26-21-50-22-26)8-9-44(25)33-17-39-32(16-40-33)41-29-12-24(18-42(4)35(29)48)27-6-7-38-34(28(27)20-47)46-11-10-45-30(36(46)49)13-23-14-37(2,3)15-31(23)45/h5-7,12-13,16-18,25-26,47H,1,8-11,14-15,19-22H2,2-4H3,(H,39,41)/t25-/m0/s1. The van der Waals surface area contributed by atoms with Crippen LogP contribution in [-0.4, -0.2) is 91.5 Å². The number of carbonyl (C=O) groups is 1. The number of aryl methyl sites for hydroxylation is 1. The first kappa shape index (κ1) is 32.4. The van der Waals surface area contributed by atoms with E-state index in [9.17, 15) is 14.7 Å². The quantitative estimate of drug-likeness (QED) is 0.268. The Hall–Kier alpha value is -4.85. The van der Waals surface area contributed by atoms with E-state index in [2.05, 4.69) is 50.1 Å². The molecule has 1 amide bonds. The topological polar surface area (TPSA) is 134 Å². The first-order valence-corrected chi connectivity index (χ1v) is 17.3.